The van der Waals surface area contributed by atoms with E-state index < -0.39 is 6.10 Å². The molecule has 0 amide bonds. The van der Waals surface area contributed by atoms with E-state index in [1.807, 2.05) is 30.3 Å². The van der Waals surface area contributed by atoms with Crippen molar-refractivity contribution in [3.63, 3.8) is 0 Å². The summed E-state index contributed by atoms with van der Waals surface area (Å²) in [5.74, 6) is 0.588. The molecule has 0 saturated heterocycles. The van der Waals surface area contributed by atoms with Crippen LogP contribution in [0.2, 0.25) is 0 Å². The first-order chi connectivity index (χ1) is 10.7. The van der Waals surface area contributed by atoms with Crippen LogP contribution in [0.1, 0.15) is 17.2 Å². The minimum atomic E-state index is -0.794. The number of ether oxygens (including phenoxy) is 1. The number of nitrogens with one attached hydrogen (secondary N) is 1. The van der Waals surface area contributed by atoms with Gasteiger partial charge in [0.25, 0.3) is 0 Å². The second kappa shape index (κ2) is 6.31. The summed E-state index contributed by atoms with van der Waals surface area (Å²) in [5, 5.41) is 9.96. The van der Waals surface area contributed by atoms with Crippen LogP contribution in [0.3, 0.4) is 0 Å². The van der Waals surface area contributed by atoms with E-state index in [0.29, 0.717) is 28.1 Å². The van der Waals surface area contributed by atoms with Gasteiger partial charge in [0.2, 0.25) is 0 Å². The fourth-order valence-electron chi connectivity index (χ4n) is 2.27. The molecule has 1 atom stereocenters. The Bertz CT molecular complexity index is 826. The topological polar surface area (TPSA) is 88.3 Å². The number of rotatable bonds is 5. The number of H-pyrrole nitrogens is 1. The molecule has 5 nitrogen and oxygen atoms in total. The second-order valence-corrected chi connectivity index (χ2v) is 5.88. The van der Waals surface area contributed by atoms with Crippen LogP contribution in [0.5, 0.6) is 5.75 Å². The molecule has 1 aromatic heterocycles. The molecule has 0 aliphatic heterocycles. The summed E-state index contributed by atoms with van der Waals surface area (Å²) in [4.78, 5) is 14.3. The summed E-state index contributed by atoms with van der Waals surface area (Å²) in [7, 11) is 0. The van der Waals surface area contributed by atoms with Gasteiger partial charge in [-0.05, 0) is 11.6 Å². The summed E-state index contributed by atoms with van der Waals surface area (Å²) in [5.41, 5.74) is 7.80. The summed E-state index contributed by atoms with van der Waals surface area (Å²) < 4.78 is 6.50. The van der Waals surface area contributed by atoms with Crippen molar-refractivity contribution in [2.75, 3.05) is 6.54 Å². The van der Waals surface area contributed by atoms with Gasteiger partial charge in [-0.25, -0.2) is 0 Å². The lowest BCUT2D eigenvalue weighted by molar-refractivity contribution is 0.188. The Balaban J connectivity index is 1.95. The number of aromatic nitrogens is 1. The average Bonchev–Trinajstić information content (AvgIpc) is 2.94. The number of aromatic amines is 1. The zero-order valence-electron chi connectivity index (χ0n) is 11.8. The van der Waals surface area contributed by atoms with E-state index in [-0.39, 0.29) is 11.4 Å². The fourth-order valence-corrected chi connectivity index (χ4v) is 3.19. The van der Waals surface area contributed by atoms with Crippen LogP contribution in [0.25, 0.3) is 10.2 Å². The molecule has 0 radical (unpaired) electrons. The third-order valence-corrected chi connectivity index (χ3v) is 4.32. The summed E-state index contributed by atoms with van der Waals surface area (Å²) in [6.07, 6.45) is -0.794. The Morgan fingerprint density at radius 2 is 2.00 bits per heavy atom. The van der Waals surface area contributed by atoms with E-state index >= 15 is 0 Å². The Labute approximate surface area is 131 Å². The quantitative estimate of drug-likeness (QED) is 0.673. The Kier molecular flexibility index (Phi) is 4.24. The maximum atomic E-state index is 11.7. The molecule has 0 fully saturated rings. The van der Waals surface area contributed by atoms with Crippen molar-refractivity contribution in [2.24, 2.45) is 5.73 Å². The lowest BCUT2D eigenvalue weighted by atomic mass is 10.1. The van der Waals surface area contributed by atoms with Gasteiger partial charge in [0.05, 0.1) is 10.8 Å². The number of nitrogens with two attached hydrogens (primary N) is 1. The van der Waals surface area contributed by atoms with Crippen LogP contribution in [0.15, 0.2) is 47.3 Å². The molecule has 6 heteroatoms. The van der Waals surface area contributed by atoms with E-state index in [2.05, 4.69) is 4.98 Å². The molecule has 0 aliphatic rings. The lowest BCUT2D eigenvalue weighted by Crippen LogP contribution is -2.11. The number of benzene rings is 2. The molecule has 2 aromatic carbocycles. The number of hydrogen-bond acceptors (Lipinski definition) is 5. The highest BCUT2D eigenvalue weighted by Crippen LogP contribution is 2.32. The largest absolute Gasteiger partial charge is 0.487 e. The maximum absolute atomic E-state index is 11.7. The van der Waals surface area contributed by atoms with Crippen LogP contribution >= 0.6 is 11.3 Å². The van der Waals surface area contributed by atoms with Gasteiger partial charge in [-0.15, -0.1) is 0 Å². The van der Waals surface area contributed by atoms with Gasteiger partial charge in [-0.3, -0.25) is 4.79 Å². The van der Waals surface area contributed by atoms with Gasteiger partial charge in [0.15, 0.2) is 0 Å². The van der Waals surface area contributed by atoms with Gasteiger partial charge >= 0.3 is 4.87 Å². The first kappa shape index (κ1) is 14.8. The Hall–Kier alpha value is -2.15. The lowest BCUT2D eigenvalue weighted by Gasteiger charge is -2.12. The molecular formula is C16H16N2O3S. The zero-order chi connectivity index (χ0) is 15.5. The summed E-state index contributed by atoms with van der Waals surface area (Å²) in [6.45, 7) is 0.512. The van der Waals surface area contributed by atoms with Crippen LogP contribution in [0.4, 0.5) is 0 Å². The van der Waals surface area contributed by atoms with Crippen molar-refractivity contribution in [1.29, 1.82) is 0 Å². The van der Waals surface area contributed by atoms with Crippen LogP contribution in [-0.4, -0.2) is 16.6 Å². The van der Waals surface area contributed by atoms with Crippen LogP contribution in [-0.2, 0) is 6.61 Å². The molecule has 3 rings (SSSR count). The number of thiazole rings is 1. The first-order valence-corrected chi connectivity index (χ1v) is 7.71. The molecule has 1 unspecified atom stereocenters. The Morgan fingerprint density at radius 1 is 1.23 bits per heavy atom. The molecule has 114 valence electrons. The molecule has 0 bridgehead atoms. The SMILES string of the molecule is NCC(O)c1ccc(OCc2ccccc2)c2[nH]c(=O)sc12. The number of aliphatic hydroxyl groups excluding tert-OH is 1. The highest BCUT2D eigenvalue weighted by molar-refractivity contribution is 7.16. The second-order valence-electron chi connectivity index (χ2n) is 4.90. The van der Waals surface area contributed by atoms with E-state index in [1.54, 1.807) is 12.1 Å². The van der Waals surface area contributed by atoms with E-state index in [0.717, 1.165) is 16.9 Å². The zero-order valence-corrected chi connectivity index (χ0v) is 12.6. The predicted molar refractivity (Wildman–Crippen MR) is 87.2 cm³/mol. The number of fused-ring (bicyclic) bond motifs is 1. The molecule has 0 spiro atoms. The molecule has 4 N–H and O–H groups in total. The third kappa shape index (κ3) is 2.89. The average molecular weight is 316 g/mol. The van der Waals surface area contributed by atoms with Crippen molar-refractivity contribution in [3.8, 4) is 5.75 Å². The molecule has 3 aromatic rings. The highest BCUT2D eigenvalue weighted by Gasteiger charge is 2.16. The normalized spacial score (nSPS) is 12.5. The van der Waals surface area contributed by atoms with Gasteiger partial charge < -0.3 is 20.6 Å². The van der Waals surface area contributed by atoms with Gasteiger partial charge in [0.1, 0.15) is 17.9 Å². The number of hydrogen-bond donors (Lipinski definition) is 3. The van der Waals surface area contributed by atoms with Crippen molar-refractivity contribution >= 4 is 21.6 Å². The molecule has 0 aliphatic carbocycles. The smallest absolute Gasteiger partial charge is 0.305 e. The van der Waals surface area contributed by atoms with Gasteiger partial charge in [-0.2, -0.15) is 0 Å². The summed E-state index contributed by atoms with van der Waals surface area (Å²) in [6, 6.07) is 13.3. The minimum absolute atomic E-state index is 0.103. The fraction of sp³-hybridized carbons (Fsp3) is 0.188. The Morgan fingerprint density at radius 3 is 2.73 bits per heavy atom. The number of aliphatic hydroxyl groups is 1. The van der Waals surface area contributed by atoms with Crippen molar-refractivity contribution < 1.29 is 9.84 Å². The predicted octanol–water partition coefficient (Wildman–Crippen LogP) is 2.16. The highest BCUT2D eigenvalue weighted by atomic mass is 32.1. The molecule has 22 heavy (non-hydrogen) atoms. The van der Waals surface area contributed by atoms with Gasteiger partial charge in [-0.1, -0.05) is 47.7 Å². The van der Waals surface area contributed by atoms with Gasteiger partial charge in [0, 0.05) is 12.1 Å². The molecule has 1 heterocycles. The van der Waals surface area contributed by atoms with E-state index in [4.69, 9.17) is 10.5 Å². The molecular weight excluding hydrogens is 300 g/mol. The minimum Gasteiger partial charge on any atom is -0.487 e. The van der Waals surface area contributed by atoms with Crippen molar-refractivity contribution in [3.05, 3.63) is 63.3 Å². The first-order valence-electron chi connectivity index (χ1n) is 6.89. The standard InChI is InChI=1S/C16H16N2O3S/c17-8-12(19)11-6-7-13(14-15(11)22-16(20)18-14)21-9-10-4-2-1-3-5-10/h1-7,12,19H,8-9,17H2,(H,18,20). The van der Waals surface area contributed by atoms with E-state index in [9.17, 15) is 9.90 Å². The van der Waals surface area contributed by atoms with Crippen LogP contribution < -0.4 is 15.3 Å². The molecule has 0 saturated carbocycles. The third-order valence-electron chi connectivity index (χ3n) is 3.39. The van der Waals surface area contributed by atoms with Crippen molar-refractivity contribution in [2.45, 2.75) is 12.7 Å². The van der Waals surface area contributed by atoms with E-state index in [1.165, 1.54) is 0 Å². The monoisotopic (exact) mass is 316 g/mol. The van der Waals surface area contributed by atoms with Crippen LogP contribution in [0, 0.1) is 0 Å². The summed E-state index contributed by atoms with van der Waals surface area (Å²) >= 11 is 1.05. The van der Waals surface area contributed by atoms with Crippen molar-refractivity contribution in [1.82, 2.24) is 4.98 Å². The maximum Gasteiger partial charge on any atom is 0.305 e.